The van der Waals surface area contributed by atoms with Crippen molar-refractivity contribution in [3.8, 4) is 12.1 Å². The molecule has 2 aromatic carbocycles. The molecule has 1 aliphatic heterocycles. The molecule has 0 spiro atoms. The van der Waals surface area contributed by atoms with E-state index in [4.69, 9.17) is 10.5 Å². The van der Waals surface area contributed by atoms with E-state index < -0.39 is 20.0 Å². The summed E-state index contributed by atoms with van der Waals surface area (Å²) < 4.78 is 53.5. The zero-order valence-corrected chi connectivity index (χ0v) is 16.3. The van der Waals surface area contributed by atoms with Gasteiger partial charge in [-0.05, 0) is 36.4 Å². The third kappa shape index (κ3) is 3.77. The number of piperazine rings is 1. The van der Waals surface area contributed by atoms with Gasteiger partial charge >= 0.3 is 0 Å². The molecule has 0 unspecified atom stereocenters. The first-order chi connectivity index (χ1) is 13.3. The lowest BCUT2D eigenvalue weighted by molar-refractivity contribution is 0.273. The molecule has 10 heteroatoms. The highest BCUT2D eigenvalue weighted by atomic mass is 32.2. The summed E-state index contributed by atoms with van der Waals surface area (Å²) in [7, 11) is -7.64. The highest BCUT2D eigenvalue weighted by molar-refractivity contribution is 7.89. The van der Waals surface area contributed by atoms with Crippen molar-refractivity contribution >= 4 is 20.0 Å². The Hall–Kier alpha value is -2.76. The number of hydrogen-bond donors (Lipinski definition) is 0. The second-order valence-electron chi connectivity index (χ2n) is 6.09. The standard InChI is InChI=1S/C18H16N4O4S2/c19-13-15-3-1-5-17(11-15)27(23,24)21-7-9-22(10-8-21)28(25,26)18-6-2-4-16(12-18)14-20/h1-6,11-12H,7-10H2. The second-order valence-corrected chi connectivity index (χ2v) is 9.96. The minimum atomic E-state index is -3.82. The molecule has 2 aromatic rings. The van der Waals surface area contributed by atoms with Crippen molar-refractivity contribution in [2.45, 2.75) is 9.79 Å². The first kappa shape index (κ1) is 20.0. The van der Waals surface area contributed by atoms with Gasteiger partial charge in [-0.15, -0.1) is 0 Å². The van der Waals surface area contributed by atoms with E-state index in [0.29, 0.717) is 0 Å². The van der Waals surface area contributed by atoms with Gasteiger partial charge in [-0.2, -0.15) is 19.1 Å². The van der Waals surface area contributed by atoms with E-state index in [9.17, 15) is 16.8 Å². The maximum atomic E-state index is 12.8. The van der Waals surface area contributed by atoms with Gasteiger partial charge in [0.15, 0.2) is 0 Å². The summed E-state index contributed by atoms with van der Waals surface area (Å²) >= 11 is 0. The van der Waals surface area contributed by atoms with Crippen molar-refractivity contribution in [3.63, 3.8) is 0 Å². The van der Waals surface area contributed by atoms with E-state index in [0.717, 1.165) is 0 Å². The predicted octanol–water partition coefficient (Wildman–Crippen LogP) is 1.13. The lowest BCUT2D eigenvalue weighted by atomic mass is 10.2. The van der Waals surface area contributed by atoms with Crippen LogP contribution in [-0.2, 0) is 20.0 Å². The molecule has 0 saturated carbocycles. The van der Waals surface area contributed by atoms with Gasteiger partial charge in [0.25, 0.3) is 0 Å². The number of hydrogen-bond acceptors (Lipinski definition) is 6. The summed E-state index contributed by atoms with van der Waals surface area (Å²) in [5.41, 5.74) is 0.472. The van der Waals surface area contributed by atoms with Crippen LogP contribution in [0.5, 0.6) is 0 Å². The van der Waals surface area contributed by atoms with Crippen molar-refractivity contribution in [1.29, 1.82) is 10.5 Å². The lowest BCUT2D eigenvalue weighted by Gasteiger charge is -2.33. The summed E-state index contributed by atoms with van der Waals surface area (Å²) in [4.78, 5) is 0.00848. The van der Waals surface area contributed by atoms with Crippen LogP contribution in [0.15, 0.2) is 58.3 Å². The van der Waals surface area contributed by atoms with Crippen molar-refractivity contribution in [3.05, 3.63) is 59.7 Å². The molecule has 1 heterocycles. The van der Waals surface area contributed by atoms with Gasteiger partial charge < -0.3 is 0 Å². The van der Waals surface area contributed by atoms with Crippen molar-refractivity contribution in [2.75, 3.05) is 26.2 Å². The molecule has 0 amide bonds. The fourth-order valence-electron chi connectivity index (χ4n) is 2.90. The van der Waals surface area contributed by atoms with E-state index in [-0.39, 0.29) is 47.1 Å². The van der Waals surface area contributed by atoms with Gasteiger partial charge in [0.1, 0.15) is 0 Å². The molecular weight excluding hydrogens is 400 g/mol. The highest BCUT2D eigenvalue weighted by Gasteiger charge is 2.33. The van der Waals surface area contributed by atoms with E-state index in [1.54, 1.807) is 0 Å². The fourth-order valence-corrected chi connectivity index (χ4v) is 5.84. The monoisotopic (exact) mass is 416 g/mol. The average molecular weight is 416 g/mol. The van der Waals surface area contributed by atoms with Crippen LogP contribution in [0.3, 0.4) is 0 Å². The van der Waals surface area contributed by atoms with Gasteiger partial charge in [-0.1, -0.05) is 12.1 Å². The summed E-state index contributed by atoms with van der Waals surface area (Å²) in [5, 5.41) is 17.9. The van der Waals surface area contributed by atoms with E-state index in [1.807, 2.05) is 12.1 Å². The normalized spacial score (nSPS) is 16.2. The molecule has 28 heavy (non-hydrogen) atoms. The Morgan fingerprint density at radius 2 is 1.04 bits per heavy atom. The van der Waals surface area contributed by atoms with Crippen LogP contribution >= 0.6 is 0 Å². The Morgan fingerprint density at radius 1 is 0.679 bits per heavy atom. The summed E-state index contributed by atoms with van der Waals surface area (Å²) in [6.45, 7) is -0.0147. The number of nitrogens with zero attached hydrogens (tertiary/aromatic N) is 4. The minimum Gasteiger partial charge on any atom is -0.207 e. The van der Waals surface area contributed by atoms with Gasteiger partial charge in [-0.25, -0.2) is 16.8 Å². The molecule has 0 radical (unpaired) electrons. The molecule has 0 bridgehead atoms. The molecule has 3 rings (SSSR count). The van der Waals surface area contributed by atoms with Crippen LogP contribution in [0.1, 0.15) is 11.1 Å². The third-order valence-corrected chi connectivity index (χ3v) is 8.19. The Morgan fingerprint density at radius 3 is 1.36 bits per heavy atom. The van der Waals surface area contributed by atoms with Crippen molar-refractivity contribution < 1.29 is 16.8 Å². The molecule has 1 aliphatic rings. The fraction of sp³-hybridized carbons (Fsp3) is 0.222. The SMILES string of the molecule is N#Cc1cccc(S(=O)(=O)N2CCN(S(=O)(=O)c3cccc(C#N)c3)CC2)c1. The van der Waals surface area contributed by atoms with Gasteiger partial charge in [0, 0.05) is 26.2 Å². The van der Waals surface area contributed by atoms with Crippen LogP contribution in [0.4, 0.5) is 0 Å². The maximum absolute atomic E-state index is 12.8. The van der Waals surface area contributed by atoms with Crippen LogP contribution < -0.4 is 0 Å². The lowest BCUT2D eigenvalue weighted by Crippen LogP contribution is -2.50. The number of sulfonamides is 2. The number of benzene rings is 2. The smallest absolute Gasteiger partial charge is 0.207 e. The average Bonchev–Trinajstić information content (AvgIpc) is 2.74. The molecule has 0 N–H and O–H groups in total. The molecule has 1 saturated heterocycles. The zero-order chi connectivity index (χ0) is 20.4. The molecule has 8 nitrogen and oxygen atoms in total. The first-order valence-electron chi connectivity index (χ1n) is 8.29. The Balaban J connectivity index is 1.78. The predicted molar refractivity (Wildman–Crippen MR) is 99.8 cm³/mol. The highest BCUT2D eigenvalue weighted by Crippen LogP contribution is 2.22. The Kier molecular flexibility index (Phi) is 5.49. The van der Waals surface area contributed by atoms with Crippen LogP contribution in [0.25, 0.3) is 0 Å². The molecule has 0 aliphatic carbocycles. The Labute approximate surface area is 163 Å². The minimum absolute atomic E-state index is 0.00369. The Bertz CT molecular complexity index is 1090. The molecular formula is C18H16N4O4S2. The quantitative estimate of drug-likeness (QED) is 0.736. The molecule has 0 aromatic heterocycles. The first-order valence-corrected chi connectivity index (χ1v) is 11.2. The second kappa shape index (κ2) is 7.70. The molecule has 144 valence electrons. The van der Waals surface area contributed by atoms with Crippen molar-refractivity contribution in [1.82, 2.24) is 8.61 Å². The van der Waals surface area contributed by atoms with Gasteiger partial charge in [-0.3, -0.25) is 0 Å². The van der Waals surface area contributed by atoms with Gasteiger partial charge in [0.2, 0.25) is 20.0 Å². The molecule has 0 atom stereocenters. The van der Waals surface area contributed by atoms with Crippen LogP contribution in [0, 0.1) is 22.7 Å². The van der Waals surface area contributed by atoms with Crippen LogP contribution in [-0.4, -0.2) is 51.6 Å². The zero-order valence-electron chi connectivity index (χ0n) is 14.7. The number of nitriles is 2. The van der Waals surface area contributed by atoms with Crippen molar-refractivity contribution in [2.24, 2.45) is 0 Å². The summed E-state index contributed by atoms with van der Waals surface area (Å²) in [6.07, 6.45) is 0. The maximum Gasteiger partial charge on any atom is 0.243 e. The largest absolute Gasteiger partial charge is 0.243 e. The third-order valence-electron chi connectivity index (χ3n) is 4.40. The summed E-state index contributed by atoms with van der Waals surface area (Å²) in [6, 6.07) is 15.2. The molecule has 1 fully saturated rings. The summed E-state index contributed by atoms with van der Waals surface area (Å²) in [5.74, 6) is 0. The van der Waals surface area contributed by atoms with E-state index in [1.165, 1.54) is 57.1 Å². The topological polar surface area (TPSA) is 122 Å². The van der Waals surface area contributed by atoms with E-state index in [2.05, 4.69) is 0 Å². The van der Waals surface area contributed by atoms with E-state index >= 15 is 0 Å². The number of rotatable bonds is 4. The van der Waals surface area contributed by atoms with Gasteiger partial charge in [0.05, 0.1) is 33.1 Å². The van der Waals surface area contributed by atoms with Crippen LogP contribution in [0.2, 0.25) is 0 Å².